The van der Waals surface area contributed by atoms with Gasteiger partial charge in [0.05, 0.1) is 0 Å². The van der Waals surface area contributed by atoms with Crippen LogP contribution in [0.5, 0.6) is 5.75 Å². The Bertz CT molecular complexity index is 672. The minimum absolute atomic E-state index is 0.0975. The lowest BCUT2D eigenvalue weighted by molar-refractivity contribution is -0.116. The molecule has 0 bridgehead atoms. The topological polar surface area (TPSA) is 49.3 Å². The van der Waals surface area contributed by atoms with Crippen LogP contribution in [0.25, 0.3) is 6.08 Å². The Hall–Kier alpha value is -2.55. The van der Waals surface area contributed by atoms with Crippen LogP contribution in [0.2, 0.25) is 0 Å². The summed E-state index contributed by atoms with van der Waals surface area (Å²) >= 11 is 0. The number of amides is 1. The molecule has 0 aliphatic carbocycles. The van der Waals surface area contributed by atoms with E-state index in [1.165, 1.54) is 5.56 Å². The summed E-state index contributed by atoms with van der Waals surface area (Å²) < 4.78 is 0. The molecule has 0 saturated carbocycles. The highest BCUT2D eigenvalue weighted by Gasteiger charge is 1.99. The van der Waals surface area contributed by atoms with Gasteiger partial charge in [-0.05, 0) is 55.2 Å². The summed E-state index contributed by atoms with van der Waals surface area (Å²) in [6, 6.07) is 13.2. The molecule has 0 atom stereocenters. The van der Waals surface area contributed by atoms with Crippen molar-refractivity contribution in [1.82, 2.24) is 5.32 Å². The van der Waals surface area contributed by atoms with Crippen molar-refractivity contribution >= 4 is 12.0 Å². The van der Waals surface area contributed by atoms with Gasteiger partial charge < -0.3 is 10.4 Å². The van der Waals surface area contributed by atoms with Gasteiger partial charge in [-0.15, -0.1) is 0 Å². The summed E-state index contributed by atoms with van der Waals surface area (Å²) in [6.45, 7) is 4.64. The average molecular weight is 295 g/mol. The molecule has 3 nitrogen and oxygen atoms in total. The number of carbonyl (C=O) groups excluding carboxylic acids is 1. The van der Waals surface area contributed by atoms with Crippen molar-refractivity contribution in [2.24, 2.45) is 0 Å². The molecular weight excluding hydrogens is 274 g/mol. The minimum atomic E-state index is -0.0975. The summed E-state index contributed by atoms with van der Waals surface area (Å²) in [4.78, 5) is 11.8. The van der Waals surface area contributed by atoms with E-state index in [1.54, 1.807) is 18.2 Å². The molecule has 0 heterocycles. The molecule has 2 N–H and O–H groups in total. The molecule has 2 aromatic rings. The molecular formula is C19H21NO2. The third-order valence-corrected chi connectivity index (χ3v) is 3.50. The zero-order chi connectivity index (χ0) is 15.9. The van der Waals surface area contributed by atoms with E-state index in [4.69, 9.17) is 0 Å². The predicted molar refractivity (Wildman–Crippen MR) is 89.8 cm³/mol. The summed E-state index contributed by atoms with van der Waals surface area (Å²) in [5.74, 6) is 0.156. The number of phenols is 1. The molecule has 0 saturated heterocycles. The van der Waals surface area contributed by atoms with Gasteiger partial charge in [0.2, 0.25) is 5.91 Å². The summed E-state index contributed by atoms with van der Waals surface area (Å²) in [6.07, 6.45) is 4.15. The highest BCUT2D eigenvalue weighted by Crippen LogP contribution is 2.12. The first-order valence-corrected chi connectivity index (χ1v) is 7.35. The molecule has 0 spiro atoms. The molecule has 114 valence electrons. The Morgan fingerprint density at radius 1 is 1.14 bits per heavy atom. The van der Waals surface area contributed by atoms with Crippen LogP contribution in [-0.2, 0) is 11.2 Å². The number of phenolic OH excluding ortho intramolecular Hbond substituents is 1. The van der Waals surface area contributed by atoms with E-state index in [0.29, 0.717) is 6.54 Å². The van der Waals surface area contributed by atoms with E-state index < -0.39 is 0 Å². The Kier molecular flexibility index (Phi) is 5.37. The van der Waals surface area contributed by atoms with Crippen LogP contribution in [0.1, 0.15) is 22.3 Å². The van der Waals surface area contributed by atoms with Crippen molar-refractivity contribution < 1.29 is 9.90 Å². The molecule has 2 rings (SSSR count). The number of aromatic hydroxyl groups is 1. The molecule has 0 aromatic heterocycles. The summed E-state index contributed by atoms with van der Waals surface area (Å²) in [5, 5.41) is 12.1. The number of aryl methyl sites for hydroxylation is 2. The largest absolute Gasteiger partial charge is 0.508 e. The Labute approximate surface area is 131 Å². The van der Waals surface area contributed by atoms with Crippen LogP contribution in [-0.4, -0.2) is 17.6 Å². The van der Waals surface area contributed by atoms with Crippen LogP contribution < -0.4 is 5.32 Å². The van der Waals surface area contributed by atoms with Crippen molar-refractivity contribution in [3.05, 3.63) is 70.8 Å². The van der Waals surface area contributed by atoms with Crippen molar-refractivity contribution in [2.75, 3.05) is 6.54 Å². The second kappa shape index (κ2) is 7.46. The quantitative estimate of drug-likeness (QED) is 0.831. The van der Waals surface area contributed by atoms with E-state index in [9.17, 15) is 9.90 Å². The fraction of sp³-hybridized carbons (Fsp3) is 0.211. The van der Waals surface area contributed by atoms with Crippen molar-refractivity contribution in [3.63, 3.8) is 0 Å². The Morgan fingerprint density at radius 2 is 1.86 bits per heavy atom. The van der Waals surface area contributed by atoms with E-state index in [-0.39, 0.29) is 11.7 Å². The lowest BCUT2D eigenvalue weighted by Gasteiger charge is -2.04. The number of hydrogen-bond donors (Lipinski definition) is 2. The molecule has 0 unspecified atom stereocenters. The minimum Gasteiger partial charge on any atom is -0.508 e. The maximum absolute atomic E-state index is 11.8. The Balaban J connectivity index is 1.83. The molecule has 0 aliphatic rings. The maximum atomic E-state index is 11.8. The van der Waals surface area contributed by atoms with Gasteiger partial charge in [-0.1, -0.05) is 35.9 Å². The van der Waals surface area contributed by atoms with Crippen LogP contribution in [0.3, 0.4) is 0 Å². The Morgan fingerprint density at radius 3 is 2.59 bits per heavy atom. The molecule has 0 radical (unpaired) electrons. The summed E-state index contributed by atoms with van der Waals surface area (Å²) in [7, 11) is 0. The zero-order valence-corrected chi connectivity index (χ0v) is 13.0. The van der Waals surface area contributed by atoms with Crippen molar-refractivity contribution in [2.45, 2.75) is 20.3 Å². The number of benzene rings is 2. The van der Waals surface area contributed by atoms with Crippen LogP contribution in [0.4, 0.5) is 0 Å². The number of carbonyl (C=O) groups is 1. The van der Waals surface area contributed by atoms with Crippen LogP contribution >= 0.6 is 0 Å². The maximum Gasteiger partial charge on any atom is 0.244 e. The fourth-order valence-corrected chi connectivity index (χ4v) is 2.16. The van der Waals surface area contributed by atoms with Gasteiger partial charge in [0.1, 0.15) is 5.75 Å². The monoisotopic (exact) mass is 295 g/mol. The lowest BCUT2D eigenvalue weighted by Crippen LogP contribution is -2.23. The first kappa shape index (κ1) is 15.8. The van der Waals surface area contributed by atoms with Gasteiger partial charge in [-0.3, -0.25) is 4.79 Å². The molecule has 3 heteroatoms. The predicted octanol–water partition coefficient (Wildman–Crippen LogP) is 3.38. The summed E-state index contributed by atoms with van der Waals surface area (Å²) in [5.41, 5.74) is 4.47. The van der Waals surface area contributed by atoms with Gasteiger partial charge >= 0.3 is 0 Å². The van der Waals surface area contributed by atoms with E-state index in [2.05, 4.69) is 23.5 Å². The van der Waals surface area contributed by atoms with Gasteiger partial charge in [-0.2, -0.15) is 0 Å². The van der Waals surface area contributed by atoms with Crippen LogP contribution in [0.15, 0.2) is 48.5 Å². The average Bonchev–Trinajstić information content (AvgIpc) is 2.50. The smallest absolute Gasteiger partial charge is 0.244 e. The SMILES string of the molecule is Cc1ccc(C)c(/C=C/C(=O)NCCc2ccc(O)cc2)c1. The van der Waals surface area contributed by atoms with Crippen molar-refractivity contribution in [1.29, 1.82) is 0 Å². The molecule has 22 heavy (non-hydrogen) atoms. The third kappa shape index (κ3) is 4.77. The number of nitrogens with one attached hydrogen (secondary N) is 1. The van der Waals surface area contributed by atoms with E-state index in [1.807, 2.05) is 32.1 Å². The molecule has 0 fully saturated rings. The highest BCUT2D eigenvalue weighted by atomic mass is 16.3. The first-order valence-electron chi connectivity index (χ1n) is 7.35. The number of rotatable bonds is 5. The molecule has 2 aromatic carbocycles. The van der Waals surface area contributed by atoms with E-state index >= 15 is 0 Å². The molecule has 1 amide bonds. The normalized spacial score (nSPS) is 10.8. The van der Waals surface area contributed by atoms with E-state index in [0.717, 1.165) is 23.1 Å². The van der Waals surface area contributed by atoms with Crippen molar-refractivity contribution in [3.8, 4) is 5.75 Å². The lowest BCUT2D eigenvalue weighted by atomic mass is 10.1. The van der Waals surface area contributed by atoms with Gasteiger partial charge in [0.15, 0.2) is 0 Å². The van der Waals surface area contributed by atoms with Gasteiger partial charge in [0.25, 0.3) is 0 Å². The van der Waals surface area contributed by atoms with Gasteiger partial charge in [0, 0.05) is 12.6 Å². The highest BCUT2D eigenvalue weighted by molar-refractivity contribution is 5.91. The van der Waals surface area contributed by atoms with Gasteiger partial charge in [-0.25, -0.2) is 0 Å². The second-order valence-electron chi connectivity index (χ2n) is 5.40. The number of hydrogen-bond acceptors (Lipinski definition) is 2. The standard InChI is InChI=1S/C19H21NO2/c1-14-3-4-15(2)17(13-14)7-10-19(22)20-12-11-16-5-8-18(21)9-6-16/h3-10,13,21H,11-12H2,1-2H3,(H,20,22)/b10-7+. The fourth-order valence-electron chi connectivity index (χ4n) is 2.16. The second-order valence-corrected chi connectivity index (χ2v) is 5.40. The molecule has 0 aliphatic heterocycles. The first-order chi connectivity index (χ1) is 10.5. The third-order valence-electron chi connectivity index (χ3n) is 3.50. The van der Waals surface area contributed by atoms with Crippen LogP contribution in [0, 0.1) is 13.8 Å². The zero-order valence-electron chi connectivity index (χ0n) is 13.0.